The summed E-state index contributed by atoms with van der Waals surface area (Å²) in [6.07, 6.45) is 5.06. The Bertz CT molecular complexity index is 661. The number of aromatic amines is 1. The van der Waals surface area contributed by atoms with E-state index in [-0.39, 0.29) is 17.5 Å². The predicted molar refractivity (Wildman–Crippen MR) is 73.2 cm³/mol. The van der Waals surface area contributed by atoms with Gasteiger partial charge in [0.25, 0.3) is 0 Å². The van der Waals surface area contributed by atoms with Crippen molar-refractivity contribution in [3.8, 4) is 0 Å². The third-order valence-corrected chi connectivity index (χ3v) is 4.62. The molecule has 0 radical (unpaired) electrons. The van der Waals surface area contributed by atoms with Gasteiger partial charge in [-0.1, -0.05) is 0 Å². The Kier molecular flexibility index (Phi) is 4.21. The molecule has 0 spiro atoms. The number of nitrogens with zero attached hydrogens (tertiary/aromatic N) is 3. The molecule has 8 nitrogen and oxygen atoms in total. The maximum absolute atomic E-state index is 12.4. The smallest absolute Gasteiger partial charge is 0.244 e. The fraction of sp³-hybridized carbons (Fsp3) is 0.455. The average Bonchev–Trinajstić information content (AvgIpc) is 2.97. The summed E-state index contributed by atoms with van der Waals surface area (Å²) in [6.45, 7) is 4.00. The number of sulfonamides is 1. The van der Waals surface area contributed by atoms with E-state index in [1.54, 1.807) is 37.1 Å². The first-order valence-corrected chi connectivity index (χ1v) is 7.64. The number of aryl methyl sites for hydroxylation is 1. The van der Waals surface area contributed by atoms with Gasteiger partial charge in [-0.2, -0.15) is 5.10 Å². The molecule has 0 aromatic carbocycles. The van der Waals surface area contributed by atoms with E-state index in [2.05, 4.69) is 19.9 Å². The Labute approximate surface area is 117 Å². The molecule has 110 valence electrons. The molecular weight excluding hydrogens is 280 g/mol. The minimum absolute atomic E-state index is 0.0660. The van der Waals surface area contributed by atoms with Gasteiger partial charge in [-0.05, 0) is 13.8 Å². The topological polar surface area (TPSA) is 119 Å². The van der Waals surface area contributed by atoms with E-state index in [0.717, 1.165) is 0 Å². The molecule has 20 heavy (non-hydrogen) atoms. The van der Waals surface area contributed by atoms with Crippen LogP contribution in [0.3, 0.4) is 0 Å². The molecule has 2 rings (SSSR count). The fourth-order valence-corrected chi connectivity index (χ4v) is 3.65. The van der Waals surface area contributed by atoms with Crippen LogP contribution in [0.1, 0.15) is 18.3 Å². The van der Waals surface area contributed by atoms with Crippen LogP contribution < -0.4 is 10.5 Å². The van der Waals surface area contributed by atoms with Gasteiger partial charge in [0.05, 0.1) is 17.7 Å². The van der Waals surface area contributed by atoms with Gasteiger partial charge >= 0.3 is 0 Å². The second-order valence-corrected chi connectivity index (χ2v) is 6.26. The van der Waals surface area contributed by atoms with Crippen molar-refractivity contribution in [2.75, 3.05) is 0 Å². The molecule has 9 heteroatoms. The normalized spacial score (nSPS) is 13.6. The monoisotopic (exact) mass is 298 g/mol. The molecule has 0 aliphatic rings. The lowest BCUT2D eigenvalue weighted by Crippen LogP contribution is -2.36. The zero-order valence-electron chi connectivity index (χ0n) is 11.4. The van der Waals surface area contributed by atoms with E-state index < -0.39 is 10.0 Å². The highest BCUT2D eigenvalue weighted by molar-refractivity contribution is 7.89. The van der Waals surface area contributed by atoms with Crippen molar-refractivity contribution in [2.45, 2.75) is 37.9 Å². The van der Waals surface area contributed by atoms with Gasteiger partial charge in [-0.15, -0.1) is 0 Å². The Morgan fingerprint density at radius 1 is 1.55 bits per heavy atom. The van der Waals surface area contributed by atoms with Crippen molar-refractivity contribution in [3.63, 3.8) is 0 Å². The third kappa shape index (κ3) is 3.06. The van der Waals surface area contributed by atoms with Crippen molar-refractivity contribution in [2.24, 2.45) is 5.73 Å². The SMILES string of the molecule is Cc1[nH]nc(CN)c1S(=O)(=O)NC(C)Cn1ccnc1. The first-order chi connectivity index (χ1) is 9.44. The number of hydrogen-bond acceptors (Lipinski definition) is 5. The van der Waals surface area contributed by atoms with Crippen molar-refractivity contribution in [3.05, 3.63) is 30.1 Å². The molecule has 2 heterocycles. The zero-order chi connectivity index (χ0) is 14.8. The second-order valence-electron chi connectivity index (χ2n) is 4.61. The summed E-state index contributed by atoms with van der Waals surface area (Å²) in [5, 5.41) is 6.55. The lowest BCUT2D eigenvalue weighted by Gasteiger charge is -2.15. The van der Waals surface area contributed by atoms with Gasteiger partial charge in [-0.25, -0.2) is 18.1 Å². The van der Waals surface area contributed by atoms with Crippen LogP contribution in [0.5, 0.6) is 0 Å². The molecule has 0 bridgehead atoms. The maximum Gasteiger partial charge on any atom is 0.244 e. The van der Waals surface area contributed by atoms with Crippen molar-refractivity contribution >= 4 is 10.0 Å². The van der Waals surface area contributed by atoms with E-state index in [4.69, 9.17) is 5.73 Å². The lowest BCUT2D eigenvalue weighted by molar-refractivity contribution is 0.519. The van der Waals surface area contributed by atoms with Gasteiger partial charge in [-0.3, -0.25) is 5.10 Å². The summed E-state index contributed by atoms with van der Waals surface area (Å²) in [5.41, 5.74) is 6.33. The number of hydrogen-bond donors (Lipinski definition) is 3. The Morgan fingerprint density at radius 3 is 2.90 bits per heavy atom. The molecule has 2 aromatic heterocycles. The lowest BCUT2D eigenvalue weighted by atomic mass is 10.4. The van der Waals surface area contributed by atoms with Crippen LogP contribution >= 0.6 is 0 Å². The standard InChI is InChI=1S/C11H18N6O2S/c1-8(6-17-4-3-13-7-17)16-20(18,19)11-9(2)14-15-10(11)5-12/h3-4,7-8,16H,5-6,12H2,1-2H3,(H,14,15). The molecular formula is C11H18N6O2S. The fourth-order valence-electron chi connectivity index (χ4n) is 2.04. The Balaban J connectivity index is 2.16. The summed E-state index contributed by atoms with van der Waals surface area (Å²) in [5.74, 6) is 0. The molecule has 0 aliphatic carbocycles. The molecule has 0 fully saturated rings. The zero-order valence-corrected chi connectivity index (χ0v) is 12.2. The Hall–Kier alpha value is -1.71. The number of imidazole rings is 1. The second kappa shape index (κ2) is 5.73. The number of H-pyrrole nitrogens is 1. The van der Waals surface area contributed by atoms with Crippen LogP contribution in [0, 0.1) is 6.92 Å². The summed E-state index contributed by atoms with van der Waals surface area (Å²) < 4.78 is 29.2. The van der Waals surface area contributed by atoms with E-state index in [1.165, 1.54) is 0 Å². The molecule has 4 N–H and O–H groups in total. The van der Waals surface area contributed by atoms with Gasteiger partial charge in [0, 0.05) is 31.5 Å². The molecule has 0 saturated carbocycles. The summed E-state index contributed by atoms with van der Waals surface area (Å²) in [7, 11) is -3.65. The van der Waals surface area contributed by atoms with Gasteiger partial charge in [0.1, 0.15) is 4.90 Å². The average molecular weight is 298 g/mol. The maximum atomic E-state index is 12.4. The van der Waals surface area contributed by atoms with Gasteiger partial charge in [0.15, 0.2) is 0 Å². The van der Waals surface area contributed by atoms with E-state index in [1.807, 2.05) is 0 Å². The van der Waals surface area contributed by atoms with Gasteiger partial charge < -0.3 is 10.3 Å². The van der Waals surface area contributed by atoms with Crippen LogP contribution in [0.25, 0.3) is 0 Å². The highest BCUT2D eigenvalue weighted by atomic mass is 32.2. The minimum Gasteiger partial charge on any atom is -0.336 e. The third-order valence-electron chi connectivity index (χ3n) is 2.82. The number of nitrogens with two attached hydrogens (primary N) is 1. The number of rotatable bonds is 6. The minimum atomic E-state index is -3.65. The van der Waals surface area contributed by atoms with Crippen LogP contribution in [0.4, 0.5) is 0 Å². The molecule has 0 saturated heterocycles. The first kappa shape index (κ1) is 14.7. The number of nitrogens with one attached hydrogen (secondary N) is 2. The quantitative estimate of drug-likeness (QED) is 0.679. The van der Waals surface area contributed by atoms with Crippen molar-refractivity contribution < 1.29 is 8.42 Å². The highest BCUT2D eigenvalue weighted by Crippen LogP contribution is 2.17. The summed E-state index contributed by atoms with van der Waals surface area (Å²) >= 11 is 0. The predicted octanol–water partition coefficient (Wildman–Crippen LogP) is -0.260. The molecule has 0 amide bonds. The van der Waals surface area contributed by atoms with Crippen molar-refractivity contribution in [1.29, 1.82) is 0 Å². The van der Waals surface area contributed by atoms with Crippen LogP contribution in [0.15, 0.2) is 23.6 Å². The molecule has 1 unspecified atom stereocenters. The highest BCUT2D eigenvalue weighted by Gasteiger charge is 2.25. The van der Waals surface area contributed by atoms with E-state index in [0.29, 0.717) is 17.9 Å². The van der Waals surface area contributed by atoms with Crippen LogP contribution in [-0.2, 0) is 23.1 Å². The summed E-state index contributed by atoms with van der Waals surface area (Å²) in [6, 6.07) is -0.283. The van der Waals surface area contributed by atoms with E-state index in [9.17, 15) is 8.42 Å². The van der Waals surface area contributed by atoms with Crippen LogP contribution in [-0.4, -0.2) is 34.2 Å². The number of aromatic nitrogens is 4. The van der Waals surface area contributed by atoms with Crippen molar-refractivity contribution in [1.82, 2.24) is 24.5 Å². The van der Waals surface area contributed by atoms with Crippen LogP contribution in [0.2, 0.25) is 0 Å². The first-order valence-electron chi connectivity index (χ1n) is 6.16. The molecule has 1 atom stereocenters. The van der Waals surface area contributed by atoms with Gasteiger partial charge in [0.2, 0.25) is 10.0 Å². The molecule has 2 aromatic rings. The Morgan fingerprint density at radius 2 is 2.30 bits per heavy atom. The molecule has 0 aliphatic heterocycles. The van der Waals surface area contributed by atoms with E-state index >= 15 is 0 Å². The largest absolute Gasteiger partial charge is 0.336 e. The summed E-state index contributed by atoms with van der Waals surface area (Å²) in [4.78, 5) is 4.05.